The first-order valence-electron chi connectivity index (χ1n) is 8.26. The fraction of sp³-hybridized carbons (Fsp3) is 0.111. The molecule has 0 atom stereocenters. The number of nitrogens with one attached hydrogen (secondary N) is 2. The lowest BCUT2D eigenvalue weighted by atomic mass is 10.2. The van der Waals surface area contributed by atoms with Gasteiger partial charge in [-0.15, -0.1) is 5.10 Å². The van der Waals surface area contributed by atoms with Crippen molar-refractivity contribution in [3.05, 3.63) is 71.3 Å². The second kappa shape index (κ2) is 7.80. The number of halogens is 1. The second-order valence-electron chi connectivity index (χ2n) is 6.12. The first kappa shape index (κ1) is 20.1. The average Bonchev–Trinajstić information content (AvgIpc) is 3.07. The minimum atomic E-state index is -3.37. The normalized spacial score (nSPS) is 11.1. The number of carbonyl (C=O) groups excluding carboxylic acids is 2. The number of sulfone groups is 1. The van der Waals surface area contributed by atoms with Crippen molar-refractivity contribution in [1.82, 2.24) is 25.8 Å². The van der Waals surface area contributed by atoms with E-state index >= 15 is 0 Å². The second-order valence-corrected chi connectivity index (χ2v) is 8.13. The Balaban J connectivity index is 1.68. The molecule has 11 heteroatoms. The van der Waals surface area contributed by atoms with Gasteiger partial charge < -0.3 is 0 Å². The summed E-state index contributed by atoms with van der Waals surface area (Å²) in [7, 11) is -3.37. The number of rotatable bonds is 4. The molecule has 9 nitrogen and oxygen atoms in total. The molecule has 0 aliphatic heterocycles. The van der Waals surface area contributed by atoms with Gasteiger partial charge in [-0.1, -0.05) is 5.21 Å². The minimum Gasteiger partial charge on any atom is -0.267 e. The molecule has 0 unspecified atom stereocenters. The Bertz CT molecular complexity index is 1170. The van der Waals surface area contributed by atoms with Gasteiger partial charge in [0.1, 0.15) is 5.82 Å². The van der Waals surface area contributed by atoms with Crippen molar-refractivity contribution in [2.45, 2.75) is 11.8 Å². The SMILES string of the molecule is Cc1c(C(=O)NNC(=O)c2ccc(S(C)(=O)=O)cc2)nnn1-c1ccc(F)cc1. The molecular formula is C18H16FN5O4S. The average molecular weight is 417 g/mol. The molecule has 0 fully saturated rings. The summed E-state index contributed by atoms with van der Waals surface area (Å²) in [5.41, 5.74) is 5.49. The maximum Gasteiger partial charge on any atom is 0.292 e. The lowest BCUT2D eigenvalue weighted by molar-refractivity contribution is 0.0843. The van der Waals surface area contributed by atoms with E-state index in [-0.39, 0.29) is 16.2 Å². The third kappa shape index (κ3) is 4.46. The van der Waals surface area contributed by atoms with Crippen molar-refractivity contribution in [1.29, 1.82) is 0 Å². The van der Waals surface area contributed by atoms with Gasteiger partial charge in [0.2, 0.25) is 0 Å². The van der Waals surface area contributed by atoms with E-state index in [1.54, 1.807) is 6.92 Å². The number of hydrogen-bond donors (Lipinski definition) is 2. The standard InChI is InChI=1S/C18H16FN5O4S/c1-11-16(20-23-24(11)14-7-5-13(19)6-8-14)18(26)22-21-17(25)12-3-9-15(10-4-12)29(2,27)28/h3-10H,1-2H3,(H,21,25)(H,22,26). The van der Waals surface area contributed by atoms with Gasteiger partial charge in [-0.05, 0) is 55.5 Å². The van der Waals surface area contributed by atoms with Crippen molar-refractivity contribution in [2.75, 3.05) is 6.26 Å². The molecule has 0 saturated carbocycles. The fourth-order valence-corrected chi connectivity index (χ4v) is 3.10. The van der Waals surface area contributed by atoms with Gasteiger partial charge in [-0.3, -0.25) is 20.4 Å². The zero-order valence-electron chi connectivity index (χ0n) is 15.4. The van der Waals surface area contributed by atoms with Gasteiger partial charge in [0.25, 0.3) is 11.8 Å². The molecule has 0 aliphatic rings. The minimum absolute atomic E-state index is 0.0259. The Labute approximate surface area is 165 Å². The summed E-state index contributed by atoms with van der Waals surface area (Å²) in [5.74, 6) is -1.74. The number of nitrogens with zero attached hydrogens (tertiary/aromatic N) is 3. The Hall–Kier alpha value is -3.60. The summed E-state index contributed by atoms with van der Waals surface area (Å²) >= 11 is 0. The largest absolute Gasteiger partial charge is 0.292 e. The van der Waals surface area contributed by atoms with Crippen LogP contribution in [0.1, 0.15) is 26.5 Å². The van der Waals surface area contributed by atoms with E-state index in [0.717, 1.165) is 6.26 Å². The molecule has 1 heterocycles. The number of hydrogen-bond acceptors (Lipinski definition) is 6. The zero-order valence-corrected chi connectivity index (χ0v) is 16.2. The molecule has 2 aromatic carbocycles. The van der Waals surface area contributed by atoms with Crippen LogP contribution in [0, 0.1) is 12.7 Å². The maximum absolute atomic E-state index is 13.1. The molecule has 150 valence electrons. The number of amides is 2. The van der Waals surface area contributed by atoms with Crippen molar-refractivity contribution in [3.8, 4) is 5.69 Å². The monoisotopic (exact) mass is 417 g/mol. The molecule has 1 aromatic heterocycles. The topological polar surface area (TPSA) is 123 Å². The number of benzene rings is 2. The predicted molar refractivity (Wildman–Crippen MR) is 101 cm³/mol. The summed E-state index contributed by atoms with van der Waals surface area (Å²) < 4.78 is 37.3. The smallest absolute Gasteiger partial charge is 0.267 e. The molecule has 2 amide bonds. The van der Waals surface area contributed by atoms with Crippen molar-refractivity contribution >= 4 is 21.7 Å². The van der Waals surface area contributed by atoms with Gasteiger partial charge in [0, 0.05) is 11.8 Å². The first-order chi connectivity index (χ1) is 13.7. The van der Waals surface area contributed by atoms with Crippen LogP contribution in [-0.2, 0) is 9.84 Å². The summed E-state index contributed by atoms with van der Waals surface area (Å²) in [6.45, 7) is 1.60. The summed E-state index contributed by atoms with van der Waals surface area (Å²) in [6.07, 6.45) is 1.06. The van der Waals surface area contributed by atoms with E-state index in [1.807, 2.05) is 0 Å². The summed E-state index contributed by atoms with van der Waals surface area (Å²) in [4.78, 5) is 24.5. The molecule has 0 saturated heterocycles. The highest BCUT2D eigenvalue weighted by atomic mass is 32.2. The van der Waals surface area contributed by atoms with E-state index in [0.29, 0.717) is 11.4 Å². The lowest BCUT2D eigenvalue weighted by Crippen LogP contribution is -2.42. The van der Waals surface area contributed by atoms with E-state index in [2.05, 4.69) is 21.2 Å². The lowest BCUT2D eigenvalue weighted by Gasteiger charge is -2.07. The molecule has 3 aromatic rings. The molecule has 29 heavy (non-hydrogen) atoms. The van der Waals surface area contributed by atoms with Crippen LogP contribution in [0.4, 0.5) is 4.39 Å². The van der Waals surface area contributed by atoms with Crippen LogP contribution in [0.3, 0.4) is 0 Å². The number of carbonyl (C=O) groups is 2. The third-order valence-electron chi connectivity index (χ3n) is 4.02. The van der Waals surface area contributed by atoms with Crippen LogP contribution < -0.4 is 10.9 Å². The summed E-state index contributed by atoms with van der Waals surface area (Å²) in [6, 6.07) is 10.7. The third-order valence-corrected chi connectivity index (χ3v) is 5.14. The Morgan fingerprint density at radius 3 is 2.14 bits per heavy atom. The Morgan fingerprint density at radius 2 is 1.55 bits per heavy atom. The van der Waals surface area contributed by atoms with Crippen LogP contribution >= 0.6 is 0 Å². The van der Waals surface area contributed by atoms with Gasteiger partial charge >= 0.3 is 0 Å². The maximum atomic E-state index is 13.1. The van der Waals surface area contributed by atoms with Gasteiger partial charge in [0.15, 0.2) is 15.5 Å². The van der Waals surface area contributed by atoms with Crippen LogP contribution in [0.15, 0.2) is 53.4 Å². The summed E-state index contributed by atoms with van der Waals surface area (Å²) in [5, 5.41) is 7.66. The van der Waals surface area contributed by atoms with E-state index in [1.165, 1.54) is 53.2 Å². The molecule has 0 spiro atoms. The number of hydrazine groups is 1. The van der Waals surface area contributed by atoms with Crippen LogP contribution in [0.5, 0.6) is 0 Å². The highest BCUT2D eigenvalue weighted by molar-refractivity contribution is 7.90. The van der Waals surface area contributed by atoms with Crippen molar-refractivity contribution in [3.63, 3.8) is 0 Å². The van der Waals surface area contributed by atoms with Gasteiger partial charge in [-0.25, -0.2) is 17.5 Å². The first-order valence-corrected chi connectivity index (χ1v) is 10.1. The molecule has 3 rings (SSSR count). The van der Waals surface area contributed by atoms with Gasteiger partial charge in [-0.2, -0.15) is 0 Å². The predicted octanol–water partition coefficient (Wildman–Crippen LogP) is 1.19. The van der Waals surface area contributed by atoms with Crippen LogP contribution in [0.25, 0.3) is 5.69 Å². The van der Waals surface area contributed by atoms with E-state index in [9.17, 15) is 22.4 Å². The number of aromatic nitrogens is 3. The van der Waals surface area contributed by atoms with E-state index in [4.69, 9.17) is 0 Å². The fourth-order valence-electron chi connectivity index (χ4n) is 2.46. The Kier molecular flexibility index (Phi) is 5.41. The van der Waals surface area contributed by atoms with Crippen molar-refractivity contribution < 1.29 is 22.4 Å². The molecule has 0 aliphatic carbocycles. The van der Waals surface area contributed by atoms with Crippen molar-refractivity contribution in [2.24, 2.45) is 0 Å². The zero-order chi connectivity index (χ0) is 21.2. The van der Waals surface area contributed by atoms with Crippen LogP contribution in [0.2, 0.25) is 0 Å². The molecule has 0 radical (unpaired) electrons. The van der Waals surface area contributed by atoms with Crippen LogP contribution in [-0.4, -0.2) is 41.5 Å². The highest BCUT2D eigenvalue weighted by Crippen LogP contribution is 2.13. The van der Waals surface area contributed by atoms with Gasteiger partial charge in [0.05, 0.1) is 16.3 Å². The Morgan fingerprint density at radius 1 is 0.966 bits per heavy atom. The molecule has 2 N–H and O–H groups in total. The molecule has 0 bridgehead atoms. The molecular weight excluding hydrogens is 401 g/mol. The van der Waals surface area contributed by atoms with E-state index < -0.39 is 27.5 Å². The highest BCUT2D eigenvalue weighted by Gasteiger charge is 2.18. The quantitative estimate of drug-likeness (QED) is 0.615.